The molecule has 1 saturated heterocycles. The monoisotopic (exact) mass is 452 g/mol. The number of aromatic nitrogens is 2. The lowest BCUT2D eigenvalue weighted by Crippen LogP contribution is -2.36. The Bertz CT molecular complexity index is 1200. The maximum atomic E-state index is 13.4. The maximum absolute atomic E-state index is 13.4. The molecule has 32 heavy (non-hydrogen) atoms. The zero-order chi connectivity index (χ0) is 22.7. The summed E-state index contributed by atoms with van der Waals surface area (Å²) in [5.74, 6) is 0.356. The Kier molecular flexibility index (Phi) is 6.43. The first-order valence-corrected chi connectivity index (χ1v) is 12.3. The van der Waals surface area contributed by atoms with Crippen molar-refractivity contribution in [1.82, 2.24) is 19.2 Å². The van der Waals surface area contributed by atoms with E-state index in [1.165, 1.54) is 10.4 Å². The van der Waals surface area contributed by atoms with Gasteiger partial charge in [-0.3, -0.25) is 4.79 Å². The second-order valence-electron chi connectivity index (χ2n) is 8.15. The van der Waals surface area contributed by atoms with Crippen LogP contribution in [0.1, 0.15) is 52.6 Å². The van der Waals surface area contributed by atoms with Crippen molar-refractivity contribution in [2.75, 3.05) is 13.1 Å². The number of rotatable bonds is 6. The molecule has 2 aromatic carbocycles. The summed E-state index contributed by atoms with van der Waals surface area (Å²) in [7, 11) is -1.75. The average molecular weight is 453 g/mol. The second kappa shape index (κ2) is 9.26. The summed E-state index contributed by atoms with van der Waals surface area (Å²) in [6.07, 6.45) is 6.28. The Balaban J connectivity index is 1.66. The van der Waals surface area contributed by atoms with Crippen LogP contribution < -0.4 is 5.32 Å². The zero-order valence-corrected chi connectivity index (χ0v) is 19.2. The van der Waals surface area contributed by atoms with Gasteiger partial charge in [-0.1, -0.05) is 42.8 Å². The summed E-state index contributed by atoms with van der Waals surface area (Å²) in [5, 5.41) is 3.06. The van der Waals surface area contributed by atoms with E-state index in [2.05, 4.69) is 10.3 Å². The van der Waals surface area contributed by atoms with Crippen LogP contribution in [0, 0.1) is 6.92 Å². The topological polar surface area (TPSA) is 84.3 Å². The molecular formula is C24H28N4O3S. The number of carbonyl (C=O) groups is 1. The Labute approximate surface area is 189 Å². The molecule has 1 N–H and O–H groups in total. The van der Waals surface area contributed by atoms with Crippen molar-refractivity contribution in [3.8, 4) is 0 Å². The van der Waals surface area contributed by atoms with Crippen LogP contribution in [-0.2, 0) is 17.1 Å². The fourth-order valence-electron chi connectivity index (χ4n) is 4.07. The van der Waals surface area contributed by atoms with Crippen molar-refractivity contribution in [3.05, 3.63) is 83.4 Å². The molecule has 3 aromatic rings. The summed E-state index contributed by atoms with van der Waals surface area (Å²) < 4.78 is 29.6. The first kappa shape index (κ1) is 22.2. The third kappa shape index (κ3) is 4.47. The highest BCUT2D eigenvalue weighted by atomic mass is 32.2. The van der Waals surface area contributed by atoms with E-state index in [1.807, 2.05) is 55.1 Å². The maximum Gasteiger partial charge on any atom is 0.252 e. The molecule has 1 amide bonds. The van der Waals surface area contributed by atoms with Crippen molar-refractivity contribution in [2.45, 2.75) is 37.1 Å². The fourth-order valence-corrected chi connectivity index (χ4v) is 5.61. The van der Waals surface area contributed by atoms with Gasteiger partial charge >= 0.3 is 0 Å². The number of hydrogen-bond acceptors (Lipinski definition) is 4. The molecule has 1 aliphatic rings. The molecule has 8 heteroatoms. The molecule has 0 saturated carbocycles. The number of carbonyl (C=O) groups excluding carboxylic acids is 1. The normalized spacial score (nSPS) is 15.9. The molecular weight excluding hydrogens is 424 g/mol. The Morgan fingerprint density at radius 1 is 1.06 bits per heavy atom. The molecule has 168 valence electrons. The van der Waals surface area contributed by atoms with Gasteiger partial charge in [-0.25, -0.2) is 13.4 Å². The van der Waals surface area contributed by atoms with Gasteiger partial charge in [0.1, 0.15) is 11.9 Å². The molecule has 0 radical (unpaired) electrons. The first-order chi connectivity index (χ1) is 15.4. The molecule has 4 rings (SSSR count). The largest absolute Gasteiger partial charge is 0.338 e. The van der Waals surface area contributed by atoms with E-state index < -0.39 is 16.1 Å². The minimum atomic E-state index is -3.63. The molecule has 0 aliphatic carbocycles. The van der Waals surface area contributed by atoms with Gasteiger partial charge in [-0.15, -0.1) is 0 Å². The highest BCUT2D eigenvalue weighted by Gasteiger charge is 2.28. The van der Waals surface area contributed by atoms with Crippen molar-refractivity contribution >= 4 is 15.9 Å². The van der Waals surface area contributed by atoms with Crippen molar-refractivity contribution in [1.29, 1.82) is 0 Å². The molecule has 1 fully saturated rings. The van der Waals surface area contributed by atoms with E-state index in [9.17, 15) is 13.2 Å². The standard InChI is InChI=1S/C24H28N4O3S/c1-18-11-12-20(32(30,31)28-14-7-4-8-15-28)17-21(18)24(29)26-22(19-9-5-3-6-10-19)23-25-13-16-27(23)2/h3,5-6,9-13,16-17,22H,4,7-8,14-15H2,1-2H3,(H,26,29)/t22-/m0/s1. The average Bonchev–Trinajstić information content (AvgIpc) is 3.24. The lowest BCUT2D eigenvalue weighted by Gasteiger charge is -2.26. The van der Waals surface area contributed by atoms with Crippen LogP contribution >= 0.6 is 0 Å². The molecule has 1 aromatic heterocycles. The third-order valence-electron chi connectivity index (χ3n) is 5.93. The Hall–Kier alpha value is -2.97. The lowest BCUT2D eigenvalue weighted by molar-refractivity contribution is 0.0940. The van der Waals surface area contributed by atoms with Gasteiger partial charge in [0, 0.05) is 38.1 Å². The van der Waals surface area contributed by atoms with E-state index in [-0.39, 0.29) is 10.8 Å². The number of hydrogen-bond donors (Lipinski definition) is 1. The number of imidazole rings is 1. The molecule has 1 atom stereocenters. The number of nitrogens with zero attached hydrogens (tertiary/aromatic N) is 3. The van der Waals surface area contributed by atoms with Crippen LogP contribution in [0.4, 0.5) is 0 Å². The minimum Gasteiger partial charge on any atom is -0.338 e. The highest BCUT2D eigenvalue weighted by Crippen LogP contribution is 2.25. The number of aryl methyl sites for hydroxylation is 2. The smallest absolute Gasteiger partial charge is 0.252 e. The number of sulfonamides is 1. The Morgan fingerprint density at radius 3 is 2.44 bits per heavy atom. The van der Waals surface area contributed by atoms with Crippen LogP contribution in [0.5, 0.6) is 0 Å². The van der Waals surface area contributed by atoms with Crippen LogP contribution in [0.3, 0.4) is 0 Å². The summed E-state index contributed by atoms with van der Waals surface area (Å²) in [6.45, 7) is 2.85. The van der Waals surface area contributed by atoms with E-state index >= 15 is 0 Å². The SMILES string of the molecule is Cc1ccc(S(=O)(=O)N2CCCCC2)cc1C(=O)N[C@@H](c1ccccc1)c1nccn1C. The van der Waals surface area contributed by atoms with Gasteiger partial charge in [0.2, 0.25) is 10.0 Å². The summed E-state index contributed by atoms with van der Waals surface area (Å²) in [4.78, 5) is 17.9. The van der Waals surface area contributed by atoms with Crippen LogP contribution in [0.15, 0.2) is 65.8 Å². The summed E-state index contributed by atoms with van der Waals surface area (Å²) >= 11 is 0. The van der Waals surface area contributed by atoms with Crippen molar-refractivity contribution in [3.63, 3.8) is 0 Å². The van der Waals surface area contributed by atoms with Gasteiger partial charge in [0.15, 0.2) is 0 Å². The molecule has 0 bridgehead atoms. The van der Waals surface area contributed by atoms with Gasteiger partial charge in [-0.05, 0) is 43.0 Å². The van der Waals surface area contributed by atoms with Crippen LogP contribution in [0.2, 0.25) is 0 Å². The highest BCUT2D eigenvalue weighted by molar-refractivity contribution is 7.89. The van der Waals surface area contributed by atoms with E-state index in [1.54, 1.807) is 18.3 Å². The Morgan fingerprint density at radius 2 is 1.78 bits per heavy atom. The number of amides is 1. The fraction of sp³-hybridized carbons (Fsp3) is 0.333. The zero-order valence-electron chi connectivity index (χ0n) is 18.4. The van der Waals surface area contributed by atoms with E-state index in [0.29, 0.717) is 30.0 Å². The number of benzene rings is 2. The molecule has 7 nitrogen and oxygen atoms in total. The number of piperidine rings is 1. The second-order valence-corrected chi connectivity index (χ2v) is 10.1. The minimum absolute atomic E-state index is 0.156. The summed E-state index contributed by atoms with van der Waals surface area (Å²) in [6, 6.07) is 13.9. The molecule has 2 heterocycles. The first-order valence-electron chi connectivity index (χ1n) is 10.8. The van der Waals surface area contributed by atoms with Gasteiger partial charge < -0.3 is 9.88 Å². The predicted molar refractivity (Wildman–Crippen MR) is 123 cm³/mol. The van der Waals surface area contributed by atoms with Gasteiger partial charge in [0.05, 0.1) is 4.90 Å². The lowest BCUT2D eigenvalue weighted by atomic mass is 10.0. The summed E-state index contributed by atoms with van der Waals surface area (Å²) in [5.41, 5.74) is 1.95. The third-order valence-corrected chi connectivity index (χ3v) is 7.83. The molecule has 1 aliphatic heterocycles. The van der Waals surface area contributed by atoms with Crippen LogP contribution in [0.25, 0.3) is 0 Å². The van der Waals surface area contributed by atoms with Crippen molar-refractivity contribution in [2.24, 2.45) is 7.05 Å². The van der Waals surface area contributed by atoms with E-state index in [4.69, 9.17) is 0 Å². The predicted octanol–water partition coefficient (Wildman–Crippen LogP) is 3.42. The quantitative estimate of drug-likeness (QED) is 0.621. The van der Waals surface area contributed by atoms with Crippen molar-refractivity contribution < 1.29 is 13.2 Å². The van der Waals surface area contributed by atoms with E-state index in [0.717, 1.165) is 24.8 Å². The molecule has 0 unspecified atom stereocenters. The number of nitrogens with one attached hydrogen (secondary N) is 1. The van der Waals surface area contributed by atoms with Crippen LogP contribution in [-0.4, -0.2) is 41.3 Å². The van der Waals surface area contributed by atoms with Gasteiger partial charge in [0.25, 0.3) is 5.91 Å². The van der Waals surface area contributed by atoms with Gasteiger partial charge in [-0.2, -0.15) is 4.31 Å². The molecule has 0 spiro atoms.